The Morgan fingerprint density at radius 1 is 1.33 bits per heavy atom. The monoisotopic (exact) mass is 354 g/mol. The molecule has 2 aromatic rings. The first kappa shape index (κ1) is 14.7. The van der Waals surface area contributed by atoms with E-state index in [0.717, 1.165) is 12.8 Å². The number of aromatic nitrogens is 2. The highest BCUT2D eigenvalue weighted by Gasteiger charge is 2.25. The van der Waals surface area contributed by atoms with E-state index in [1.807, 2.05) is 0 Å². The SMILES string of the molecule is OC(Cc1nc(-c2cc(F)cc(Br)c2)no1)C1CCCC1. The highest BCUT2D eigenvalue weighted by Crippen LogP contribution is 2.29. The average molecular weight is 355 g/mol. The van der Waals surface area contributed by atoms with Crippen LogP contribution in [0.25, 0.3) is 11.4 Å². The van der Waals surface area contributed by atoms with Crippen LogP contribution in [-0.2, 0) is 6.42 Å². The van der Waals surface area contributed by atoms with Crippen molar-refractivity contribution in [2.45, 2.75) is 38.2 Å². The number of halogens is 2. The molecule has 1 heterocycles. The number of aliphatic hydroxyl groups excluding tert-OH is 1. The highest BCUT2D eigenvalue weighted by atomic mass is 79.9. The molecule has 0 bridgehead atoms. The number of hydrogen-bond donors (Lipinski definition) is 1. The summed E-state index contributed by atoms with van der Waals surface area (Å²) in [6, 6.07) is 4.45. The van der Waals surface area contributed by atoms with E-state index < -0.39 is 6.10 Å². The summed E-state index contributed by atoms with van der Waals surface area (Å²) >= 11 is 3.24. The van der Waals surface area contributed by atoms with Crippen molar-refractivity contribution >= 4 is 15.9 Å². The van der Waals surface area contributed by atoms with Crippen LogP contribution in [0, 0.1) is 11.7 Å². The minimum Gasteiger partial charge on any atom is -0.392 e. The zero-order valence-electron chi connectivity index (χ0n) is 11.4. The molecule has 21 heavy (non-hydrogen) atoms. The summed E-state index contributed by atoms with van der Waals surface area (Å²) in [6.45, 7) is 0. The zero-order valence-corrected chi connectivity index (χ0v) is 13.0. The average Bonchev–Trinajstić information content (AvgIpc) is 3.08. The van der Waals surface area contributed by atoms with Gasteiger partial charge in [-0.2, -0.15) is 4.98 Å². The van der Waals surface area contributed by atoms with Gasteiger partial charge >= 0.3 is 0 Å². The van der Waals surface area contributed by atoms with Gasteiger partial charge in [0.25, 0.3) is 0 Å². The third kappa shape index (κ3) is 3.49. The van der Waals surface area contributed by atoms with Crippen molar-refractivity contribution in [1.29, 1.82) is 0 Å². The van der Waals surface area contributed by atoms with Gasteiger partial charge in [0.15, 0.2) is 0 Å². The maximum atomic E-state index is 13.4. The van der Waals surface area contributed by atoms with Crippen LogP contribution < -0.4 is 0 Å². The first-order chi connectivity index (χ1) is 10.1. The molecular formula is C15H16BrFN2O2. The fourth-order valence-corrected chi connectivity index (χ4v) is 3.29. The molecule has 3 rings (SSSR count). The van der Waals surface area contributed by atoms with Crippen LogP contribution in [0.4, 0.5) is 4.39 Å². The summed E-state index contributed by atoms with van der Waals surface area (Å²) in [5.74, 6) is 0.689. The zero-order chi connectivity index (χ0) is 14.8. The molecule has 0 saturated heterocycles. The molecular weight excluding hydrogens is 339 g/mol. The Morgan fingerprint density at radius 2 is 2.10 bits per heavy atom. The van der Waals surface area contributed by atoms with Gasteiger partial charge in [-0.1, -0.05) is 33.9 Å². The van der Waals surface area contributed by atoms with Gasteiger partial charge < -0.3 is 9.63 Å². The van der Waals surface area contributed by atoms with Crippen molar-refractivity contribution in [3.05, 3.63) is 34.4 Å². The Balaban J connectivity index is 1.73. The smallest absolute Gasteiger partial charge is 0.229 e. The number of rotatable bonds is 4. The predicted molar refractivity (Wildman–Crippen MR) is 79.1 cm³/mol. The summed E-state index contributed by atoms with van der Waals surface area (Å²) in [5, 5.41) is 14.0. The Morgan fingerprint density at radius 3 is 2.81 bits per heavy atom. The Kier molecular flexibility index (Phi) is 4.35. The van der Waals surface area contributed by atoms with Gasteiger partial charge in [-0.3, -0.25) is 0 Å². The maximum absolute atomic E-state index is 13.4. The van der Waals surface area contributed by atoms with Gasteiger partial charge in [0.1, 0.15) is 5.82 Å². The third-order valence-electron chi connectivity index (χ3n) is 3.92. The van der Waals surface area contributed by atoms with Crippen molar-refractivity contribution in [3.8, 4) is 11.4 Å². The lowest BCUT2D eigenvalue weighted by atomic mass is 9.98. The van der Waals surface area contributed by atoms with Gasteiger partial charge in [0, 0.05) is 10.0 Å². The molecule has 6 heteroatoms. The van der Waals surface area contributed by atoms with E-state index in [-0.39, 0.29) is 5.82 Å². The van der Waals surface area contributed by atoms with E-state index in [4.69, 9.17) is 4.52 Å². The van der Waals surface area contributed by atoms with E-state index in [1.54, 1.807) is 6.07 Å². The van der Waals surface area contributed by atoms with Crippen molar-refractivity contribution in [2.75, 3.05) is 0 Å². The van der Waals surface area contributed by atoms with Crippen molar-refractivity contribution < 1.29 is 14.0 Å². The number of aliphatic hydroxyl groups is 1. The highest BCUT2D eigenvalue weighted by molar-refractivity contribution is 9.10. The number of nitrogens with zero attached hydrogens (tertiary/aromatic N) is 2. The topological polar surface area (TPSA) is 59.2 Å². The van der Waals surface area contributed by atoms with Crippen LogP contribution in [0.15, 0.2) is 27.2 Å². The molecule has 0 amide bonds. The molecule has 1 aromatic carbocycles. The summed E-state index contributed by atoms with van der Waals surface area (Å²) in [5.41, 5.74) is 0.548. The summed E-state index contributed by atoms with van der Waals surface area (Å²) in [7, 11) is 0. The molecule has 0 radical (unpaired) electrons. The van der Waals surface area contributed by atoms with Crippen LogP contribution in [-0.4, -0.2) is 21.4 Å². The van der Waals surface area contributed by atoms with Gasteiger partial charge in [0.2, 0.25) is 11.7 Å². The van der Waals surface area contributed by atoms with Crippen LogP contribution in [0.5, 0.6) is 0 Å². The lowest BCUT2D eigenvalue weighted by Crippen LogP contribution is -2.20. The molecule has 1 aromatic heterocycles. The molecule has 1 aliphatic carbocycles. The molecule has 1 fully saturated rings. The molecule has 1 atom stereocenters. The van der Waals surface area contributed by atoms with Gasteiger partial charge in [-0.25, -0.2) is 4.39 Å². The largest absolute Gasteiger partial charge is 0.392 e. The maximum Gasteiger partial charge on any atom is 0.229 e. The fourth-order valence-electron chi connectivity index (χ4n) is 2.83. The molecule has 4 nitrogen and oxygen atoms in total. The van der Waals surface area contributed by atoms with Gasteiger partial charge in [0.05, 0.1) is 12.5 Å². The Labute approximate surface area is 130 Å². The summed E-state index contributed by atoms with van der Waals surface area (Å²) < 4.78 is 19.2. The predicted octanol–water partition coefficient (Wildman–Crippen LogP) is 3.73. The van der Waals surface area contributed by atoms with Crippen LogP contribution in [0.2, 0.25) is 0 Å². The van der Waals surface area contributed by atoms with E-state index in [0.29, 0.717) is 34.1 Å². The van der Waals surface area contributed by atoms with Crippen molar-refractivity contribution in [1.82, 2.24) is 10.1 Å². The Bertz CT molecular complexity index is 606. The quantitative estimate of drug-likeness (QED) is 0.908. The van der Waals surface area contributed by atoms with E-state index >= 15 is 0 Å². The minimum atomic E-state index is -0.444. The van der Waals surface area contributed by atoms with Crippen molar-refractivity contribution in [2.24, 2.45) is 5.92 Å². The molecule has 1 unspecified atom stereocenters. The van der Waals surface area contributed by atoms with Gasteiger partial charge in [-0.05, 0) is 37.0 Å². The molecule has 1 N–H and O–H groups in total. The number of hydrogen-bond acceptors (Lipinski definition) is 4. The normalized spacial score (nSPS) is 17.3. The second kappa shape index (κ2) is 6.23. The standard InChI is InChI=1S/C15H16BrFN2O2/c16-11-5-10(6-12(17)7-11)15-18-14(21-19-15)8-13(20)9-3-1-2-4-9/h5-7,9,13,20H,1-4,8H2. The number of benzene rings is 1. The lowest BCUT2D eigenvalue weighted by Gasteiger charge is -2.14. The van der Waals surface area contributed by atoms with Gasteiger partial charge in [-0.15, -0.1) is 0 Å². The van der Waals surface area contributed by atoms with E-state index in [2.05, 4.69) is 26.1 Å². The van der Waals surface area contributed by atoms with Crippen LogP contribution in [0.1, 0.15) is 31.6 Å². The first-order valence-electron chi connectivity index (χ1n) is 7.09. The second-order valence-electron chi connectivity index (χ2n) is 5.49. The summed E-state index contributed by atoms with van der Waals surface area (Å²) in [6.07, 6.45) is 4.37. The molecule has 0 aliphatic heterocycles. The molecule has 1 saturated carbocycles. The van der Waals surface area contributed by atoms with Crippen molar-refractivity contribution in [3.63, 3.8) is 0 Å². The summed E-state index contributed by atoms with van der Waals surface area (Å²) in [4.78, 5) is 4.25. The first-order valence-corrected chi connectivity index (χ1v) is 7.88. The Hall–Kier alpha value is -1.27. The molecule has 1 aliphatic rings. The third-order valence-corrected chi connectivity index (χ3v) is 4.37. The lowest BCUT2D eigenvalue weighted by molar-refractivity contribution is 0.102. The fraction of sp³-hybridized carbons (Fsp3) is 0.467. The molecule has 112 valence electrons. The van der Waals surface area contributed by atoms with E-state index in [9.17, 15) is 9.50 Å². The molecule has 0 spiro atoms. The van der Waals surface area contributed by atoms with E-state index in [1.165, 1.54) is 25.0 Å². The second-order valence-corrected chi connectivity index (χ2v) is 6.40. The van der Waals surface area contributed by atoms with Crippen LogP contribution in [0.3, 0.4) is 0 Å². The van der Waals surface area contributed by atoms with Crippen LogP contribution >= 0.6 is 15.9 Å². The minimum absolute atomic E-state index is 0.323.